The van der Waals surface area contributed by atoms with Crippen LogP contribution in [-0.4, -0.2) is 14.7 Å². The summed E-state index contributed by atoms with van der Waals surface area (Å²) >= 11 is 5.64. The van der Waals surface area contributed by atoms with Crippen molar-refractivity contribution in [1.82, 2.24) is 9.55 Å². The van der Waals surface area contributed by atoms with Crippen molar-refractivity contribution in [3.05, 3.63) is 55.1 Å². The van der Waals surface area contributed by atoms with Crippen LogP contribution in [0, 0.1) is 5.82 Å². The molecular weight excluding hydrogens is 346 g/mol. The van der Waals surface area contributed by atoms with E-state index in [0.29, 0.717) is 6.07 Å². The molecule has 6 nitrogen and oxygen atoms in total. The van der Waals surface area contributed by atoms with Gasteiger partial charge in [-0.3, -0.25) is 4.79 Å². The fourth-order valence-corrected chi connectivity index (χ4v) is 2.08. The molecule has 2 rings (SSSR count). The van der Waals surface area contributed by atoms with Crippen molar-refractivity contribution in [2.45, 2.75) is 12.8 Å². The third kappa shape index (κ3) is 2.94. The molecule has 0 saturated carbocycles. The number of alkyl halides is 3. The summed E-state index contributed by atoms with van der Waals surface area (Å²) in [5, 5.41) is 8.89. The smallest absolute Gasteiger partial charge is 0.393 e. The van der Waals surface area contributed by atoms with Crippen molar-refractivity contribution in [3.63, 3.8) is 0 Å². The van der Waals surface area contributed by atoms with E-state index in [0.717, 1.165) is 6.07 Å². The van der Waals surface area contributed by atoms with Crippen LogP contribution in [0.2, 0.25) is 5.02 Å². The Bertz CT molecular complexity index is 889. The number of rotatable bonds is 2. The van der Waals surface area contributed by atoms with Crippen molar-refractivity contribution in [1.29, 1.82) is 0 Å². The lowest BCUT2D eigenvalue weighted by Crippen LogP contribution is -2.38. The normalized spacial score (nSPS) is 11.7. The summed E-state index contributed by atoms with van der Waals surface area (Å²) in [6, 6.07) is 1.57. The second kappa shape index (κ2) is 5.70. The molecule has 1 aromatic carbocycles. The van der Waals surface area contributed by atoms with Gasteiger partial charge in [-0.05, 0) is 17.7 Å². The molecule has 2 aromatic rings. The number of nitrogen functional groups attached to an aromatic ring is 1. The maximum Gasteiger partial charge on any atom is 0.433 e. The average Bonchev–Trinajstić information content (AvgIpc) is 2.44. The summed E-state index contributed by atoms with van der Waals surface area (Å²) in [6.07, 6.45) is -5.06. The largest absolute Gasteiger partial charge is 0.433 e. The summed E-state index contributed by atoms with van der Waals surface area (Å²) in [6.45, 7) is -0.644. The number of nitrogens with one attached hydrogen (secondary N) is 1. The predicted octanol–water partition coefficient (Wildman–Crippen LogP) is 1.41. The number of halogens is 5. The van der Waals surface area contributed by atoms with Gasteiger partial charge < -0.3 is 15.8 Å². The Morgan fingerprint density at radius 1 is 1.30 bits per heavy atom. The molecule has 0 aliphatic rings. The molecule has 4 N–H and O–H groups in total. The van der Waals surface area contributed by atoms with Crippen molar-refractivity contribution in [2.75, 3.05) is 5.73 Å². The summed E-state index contributed by atoms with van der Waals surface area (Å²) in [5.41, 5.74) is -1.73. The molecule has 0 spiro atoms. The number of nitrogens with two attached hydrogens (primary N) is 1. The van der Waals surface area contributed by atoms with E-state index in [9.17, 15) is 27.2 Å². The second-order valence-corrected chi connectivity index (χ2v) is 4.82. The van der Waals surface area contributed by atoms with Gasteiger partial charge in [0, 0.05) is 5.02 Å². The first-order valence-corrected chi connectivity index (χ1v) is 6.27. The number of aromatic amines is 1. The van der Waals surface area contributed by atoms with Crippen LogP contribution in [0.5, 0.6) is 0 Å². The molecule has 0 aliphatic heterocycles. The minimum atomic E-state index is -5.06. The van der Waals surface area contributed by atoms with E-state index in [4.69, 9.17) is 22.4 Å². The highest BCUT2D eigenvalue weighted by atomic mass is 35.5. The zero-order valence-corrected chi connectivity index (χ0v) is 11.8. The minimum Gasteiger partial charge on any atom is -0.393 e. The minimum absolute atomic E-state index is 0.0344. The highest BCUT2D eigenvalue weighted by molar-refractivity contribution is 6.31. The summed E-state index contributed by atoms with van der Waals surface area (Å²) in [5.74, 6) is -1.15. The van der Waals surface area contributed by atoms with E-state index in [1.54, 1.807) is 0 Å². The molecular formula is C12H8ClF4N3O3. The van der Waals surface area contributed by atoms with Crippen LogP contribution in [0.4, 0.5) is 23.2 Å². The molecule has 1 aromatic heterocycles. The average molecular weight is 354 g/mol. The Hall–Kier alpha value is -2.33. The van der Waals surface area contributed by atoms with Crippen LogP contribution in [-0.2, 0) is 12.8 Å². The molecule has 0 unspecified atom stereocenters. The third-order valence-corrected chi connectivity index (χ3v) is 3.30. The van der Waals surface area contributed by atoms with Gasteiger partial charge in [0.2, 0.25) is 0 Å². The van der Waals surface area contributed by atoms with Gasteiger partial charge in [0.15, 0.2) is 5.69 Å². The van der Waals surface area contributed by atoms with Crippen molar-refractivity contribution < 1.29 is 22.7 Å². The number of aliphatic hydroxyl groups excluding tert-OH is 1. The van der Waals surface area contributed by atoms with Gasteiger partial charge in [0.25, 0.3) is 5.56 Å². The molecule has 0 saturated heterocycles. The first kappa shape index (κ1) is 17.0. The van der Waals surface area contributed by atoms with Crippen molar-refractivity contribution >= 4 is 17.3 Å². The molecule has 124 valence electrons. The first-order valence-electron chi connectivity index (χ1n) is 5.89. The van der Waals surface area contributed by atoms with Crippen LogP contribution in [0.15, 0.2) is 21.7 Å². The topological polar surface area (TPSA) is 101 Å². The number of hydrogen-bond donors (Lipinski definition) is 3. The molecule has 1 heterocycles. The number of anilines is 1. The number of benzene rings is 1. The lowest BCUT2D eigenvalue weighted by Gasteiger charge is -2.13. The standard InChI is InChI=1S/C12H8ClF4N3O3/c13-5-2-6(14)7(1-4(5)3-21)20-10(22)8(18)9(12(15,16)17)19-11(20)23/h1-2,21H,3,18H2,(H,19,23). The van der Waals surface area contributed by atoms with Crippen LogP contribution in [0.1, 0.15) is 11.3 Å². The number of nitrogens with zero attached hydrogens (tertiary/aromatic N) is 1. The summed E-state index contributed by atoms with van der Waals surface area (Å²) in [7, 11) is 0. The molecule has 0 amide bonds. The molecule has 0 fully saturated rings. The second-order valence-electron chi connectivity index (χ2n) is 4.41. The van der Waals surface area contributed by atoms with Gasteiger partial charge in [-0.2, -0.15) is 13.2 Å². The SMILES string of the molecule is Nc1c(C(F)(F)F)[nH]c(=O)n(-c2cc(CO)c(Cl)cc2F)c1=O. The number of aliphatic hydroxyl groups is 1. The Morgan fingerprint density at radius 2 is 1.91 bits per heavy atom. The quantitative estimate of drug-likeness (QED) is 0.710. The Kier molecular flexibility index (Phi) is 4.22. The zero-order chi connectivity index (χ0) is 17.5. The molecule has 0 aliphatic carbocycles. The Morgan fingerprint density at radius 3 is 2.43 bits per heavy atom. The molecule has 23 heavy (non-hydrogen) atoms. The maximum absolute atomic E-state index is 13.9. The molecule has 0 bridgehead atoms. The molecule has 0 radical (unpaired) electrons. The van der Waals surface area contributed by atoms with Crippen LogP contribution in [0.25, 0.3) is 5.69 Å². The van der Waals surface area contributed by atoms with E-state index < -0.39 is 46.9 Å². The summed E-state index contributed by atoms with van der Waals surface area (Å²) < 4.78 is 52.0. The monoisotopic (exact) mass is 353 g/mol. The van der Waals surface area contributed by atoms with E-state index >= 15 is 0 Å². The van der Waals surface area contributed by atoms with Crippen molar-refractivity contribution in [2.24, 2.45) is 0 Å². The zero-order valence-electron chi connectivity index (χ0n) is 11.0. The molecule has 11 heteroatoms. The molecule has 0 atom stereocenters. The van der Waals surface area contributed by atoms with Crippen molar-refractivity contribution in [3.8, 4) is 5.69 Å². The maximum atomic E-state index is 13.9. The lowest BCUT2D eigenvalue weighted by molar-refractivity contribution is -0.140. The van der Waals surface area contributed by atoms with Crippen LogP contribution < -0.4 is 17.0 Å². The fourth-order valence-electron chi connectivity index (χ4n) is 1.87. The van der Waals surface area contributed by atoms with Gasteiger partial charge in [-0.25, -0.2) is 13.8 Å². The number of aromatic nitrogens is 2. The highest BCUT2D eigenvalue weighted by Gasteiger charge is 2.36. The van der Waals surface area contributed by atoms with Gasteiger partial charge in [0.05, 0.1) is 12.3 Å². The van der Waals surface area contributed by atoms with Gasteiger partial charge in [-0.15, -0.1) is 0 Å². The van der Waals surface area contributed by atoms with E-state index in [1.807, 2.05) is 0 Å². The summed E-state index contributed by atoms with van der Waals surface area (Å²) in [4.78, 5) is 25.1. The van der Waals surface area contributed by atoms with E-state index in [2.05, 4.69) is 0 Å². The van der Waals surface area contributed by atoms with Gasteiger partial charge in [0.1, 0.15) is 11.5 Å². The Balaban J connectivity index is 2.84. The van der Waals surface area contributed by atoms with E-state index in [1.165, 1.54) is 4.98 Å². The number of hydrogen-bond acceptors (Lipinski definition) is 4. The third-order valence-electron chi connectivity index (χ3n) is 2.95. The lowest BCUT2D eigenvalue weighted by atomic mass is 10.2. The highest BCUT2D eigenvalue weighted by Crippen LogP contribution is 2.29. The van der Waals surface area contributed by atoms with Gasteiger partial charge >= 0.3 is 11.9 Å². The predicted molar refractivity (Wildman–Crippen MR) is 73.0 cm³/mol. The van der Waals surface area contributed by atoms with Crippen LogP contribution >= 0.6 is 11.6 Å². The van der Waals surface area contributed by atoms with E-state index in [-0.39, 0.29) is 15.2 Å². The number of H-pyrrole nitrogens is 1. The van der Waals surface area contributed by atoms with Crippen LogP contribution in [0.3, 0.4) is 0 Å². The first-order chi connectivity index (χ1) is 10.6. The van der Waals surface area contributed by atoms with Gasteiger partial charge in [-0.1, -0.05) is 11.6 Å². The Labute approximate surface area is 129 Å². The fraction of sp³-hybridized carbons (Fsp3) is 0.167.